The summed E-state index contributed by atoms with van der Waals surface area (Å²) in [4.78, 5) is 5.28. The van der Waals surface area contributed by atoms with Crippen LogP contribution >= 0.6 is 11.3 Å². The molecule has 0 fully saturated rings. The molecule has 0 saturated carbocycles. The minimum atomic E-state index is 0.824. The molecule has 0 amide bonds. The molecule has 0 atom stereocenters. The van der Waals surface area contributed by atoms with E-state index in [1.54, 1.807) is 25.6 Å². The fourth-order valence-electron chi connectivity index (χ4n) is 1.54. The number of hydrogen-bond acceptors (Lipinski definition) is 4. The molecule has 0 aliphatic heterocycles. The van der Waals surface area contributed by atoms with Gasteiger partial charge in [0, 0.05) is 23.1 Å². The lowest BCUT2D eigenvalue weighted by atomic mass is 10.1. The molecule has 0 spiro atoms. The van der Waals surface area contributed by atoms with Crippen LogP contribution in [0.1, 0.15) is 10.4 Å². The van der Waals surface area contributed by atoms with Crippen LogP contribution in [-0.2, 0) is 6.42 Å². The van der Waals surface area contributed by atoms with Crippen molar-refractivity contribution >= 4 is 11.3 Å². The predicted octanol–water partition coefficient (Wildman–Crippen LogP) is 2.75. The van der Waals surface area contributed by atoms with E-state index < -0.39 is 0 Å². The van der Waals surface area contributed by atoms with Gasteiger partial charge in [-0.3, -0.25) is 4.98 Å². The Morgan fingerprint density at radius 1 is 1.25 bits per heavy atom. The highest BCUT2D eigenvalue weighted by Gasteiger charge is 2.06. The fourth-order valence-corrected chi connectivity index (χ4v) is 2.15. The topological polar surface area (TPSA) is 31.4 Å². The maximum Gasteiger partial charge on any atom is 0.122 e. The van der Waals surface area contributed by atoms with Crippen molar-refractivity contribution in [3.8, 4) is 11.5 Å². The zero-order valence-corrected chi connectivity index (χ0v) is 10.1. The van der Waals surface area contributed by atoms with Crippen molar-refractivity contribution in [3.05, 3.63) is 40.3 Å². The van der Waals surface area contributed by atoms with E-state index in [2.05, 4.69) is 4.98 Å². The van der Waals surface area contributed by atoms with Crippen molar-refractivity contribution < 1.29 is 9.47 Å². The molecule has 0 bridgehead atoms. The van der Waals surface area contributed by atoms with Crippen LogP contribution in [0.15, 0.2) is 29.9 Å². The van der Waals surface area contributed by atoms with Gasteiger partial charge in [0.25, 0.3) is 0 Å². The second kappa shape index (κ2) is 4.99. The van der Waals surface area contributed by atoms with Gasteiger partial charge in [-0.05, 0) is 18.2 Å². The quantitative estimate of drug-likeness (QED) is 0.816. The van der Waals surface area contributed by atoms with Crippen LogP contribution in [0.2, 0.25) is 0 Å². The lowest BCUT2D eigenvalue weighted by molar-refractivity contribution is 0.399. The zero-order chi connectivity index (χ0) is 11.4. The fraction of sp³-hybridized carbons (Fsp3) is 0.250. The van der Waals surface area contributed by atoms with Crippen LogP contribution in [0.5, 0.6) is 11.5 Å². The maximum absolute atomic E-state index is 5.32. The first-order valence-electron chi connectivity index (χ1n) is 4.91. The number of rotatable bonds is 4. The standard InChI is InChI=1S/C12H13NO2S/c1-14-10-3-4-12(15-2)9(5-10)6-11-7-13-8-16-11/h3-5,7-8H,6H2,1-2H3. The molecular weight excluding hydrogens is 222 g/mol. The van der Waals surface area contributed by atoms with Gasteiger partial charge < -0.3 is 9.47 Å². The van der Waals surface area contributed by atoms with E-state index in [1.807, 2.05) is 29.9 Å². The van der Waals surface area contributed by atoms with Gasteiger partial charge >= 0.3 is 0 Å². The molecule has 2 rings (SSSR count). The van der Waals surface area contributed by atoms with Crippen LogP contribution in [-0.4, -0.2) is 19.2 Å². The first-order valence-corrected chi connectivity index (χ1v) is 5.79. The summed E-state index contributed by atoms with van der Waals surface area (Å²) >= 11 is 1.64. The van der Waals surface area contributed by atoms with Crippen molar-refractivity contribution in [1.29, 1.82) is 0 Å². The van der Waals surface area contributed by atoms with E-state index in [4.69, 9.17) is 9.47 Å². The largest absolute Gasteiger partial charge is 0.497 e. The lowest BCUT2D eigenvalue weighted by Gasteiger charge is -2.09. The van der Waals surface area contributed by atoms with E-state index in [-0.39, 0.29) is 0 Å². The third-order valence-electron chi connectivity index (χ3n) is 2.34. The summed E-state index contributed by atoms with van der Waals surface area (Å²) in [5.41, 5.74) is 2.95. The van der Waals surface area contributed by atoms with Crippen LogP contribution in [0.3, 0.4) is 0 Å². The average molecular weight is 235 g/mol. The minimum Gasteiger partial charge on any atom is -0.497 e. The van der Waals surface area contributed by atoms with Gasteiger partial charge in [-0.15, -0.1) is 11.3 Å². The molecular formula is C12H13NO2S. The van der Waals surface area contributed by atoms with E-state index in [1.165, 1.54) is 4.88 Å². The Labute approximate surface area is 98.7 Å². The molecule has 0 saturated heterocycles. The molecule has 0 aliphatic carbocycles. The number of benzene rings is 1. The summed E-state index contributed by atoms with van der Waals surface area (Å²) < 4.78 is 10.5. The van der Waals surface area contributed by atoms with Crippen molar-refractivity contribution in [2.75, 3.05) is 14.2 Å². The Hall–Kier alpha value is -1.55. The molecule has 2 aromatic rings. The highest BCUT2D eigenvalue weighted by atomic mass is 32.1. The van der Waals surface area contributed by atoms with Crippen molar-refractivity contribution in [2.24, 2.45) is 0 Å². The normalized spacial score (nSPS) is 10.1. The second-order valence-electron chi connectivity index (χ2n) is 3.32. The molecule has 1 aromatic carbocycles. The third-order valence-corrected chi connectivity index (χ3v) is 3.12. The molecule has 84 valence electrons. The number of aromatic nitrogens is 1. The Morgan fingerprint density at radius 3 is 2.75 bits per heavy atom. The van der Waals surface area contributed by atoms with Crippen molar-refractivity contribution in [1.82, 2.24) is 4.98 Å². The van der Waals surface area contributed by atoms with Crippen LogP contribution in [0, 0.1) is 0 Å². The summed E-state index contributed by atoms with van der Waals surface area (Å²) in [5, 5.41) is 0. The molecule has 0 N–H and O–H groups in total. The Bertz CT molecular complexity index is 454. The lowest BCUT2D eigenvalue weighted by Crippen LogP contribution is -1.94. The smallest absolute Gasteiger partial charge is 0.122 e. The van der Waals surface area contributed by atoms with Crippen molar-refractivity contribution in [3.63, 3.8) is 0 Å². The van der Waals surface area contributed by atoms with Gasteiger partial charge in [0.1, 0.15) is 11.5 Å². The van der Waals surface area contributed by atoms with E-state index in [0.717, 1.165) is 23.5 Å². The van der Waals surface area contributed by atoms with Gasteiger partial charge in [0.05, 0.1) is 19.7 Å². The number of ether oxygens (including phenoxy) is 2. The summed E-state index contributed by atoms with van der Waals surface area (Å²) in [6.07, 6.45) is 2.70. The first-order chi connectivity index (χ1) is 7.83. The molecule has 0 unspecified atom stereocenters. The molecule has 1 heterocycles. The van der Waals surface area contributed by atoms with Crippen molar-refractivity contribution in [2.45, 2.75) is 6.42 Å². The number of hydrogen-bond donors (Lipinski definition) is 0. The predicted molar refractivity (Wildman–Crippen MR) is 64.5 cm³/mol. The Morgan fingerprint density at radius 2 is 2.12 bits per heavy atom. The van der Waals surface area contributed by atoms with Gasteiger partial charge in [-0.1, -0.05) is 0 Å². The van der Waals surface area contributed by atoms with Gasteiger partial charge in [-0.2, -0.15) is 0 Å². The summed E-state index contributed by atoms with van der Waals surface area (Å²) in [6, 6.07) is 5.82. The summed E-state index contributed by atoms with van der Waals surface area (Å²) in [7, 11) is 3.34. The molecule has 0 radical (unpaired) electrons. The van der Waals surface area contributed by atoms with Crippen LogP contribution in [0.4, 0.5) is 0 Å². The highest BCUT2D eigenvalue weighted by Crippen LogP contribution is 2.27. The number of methoxy groups -OCH3 is 2. The molecule has 3 nitrogen and oxygen atoms in total. The SMILES string of the molecule is COc1ccc(OC)c(Cc2cncs2)c1. The Balaban J connectivity index is 2.30. The van der Waals surface area contributed by atoms with E-state index >= 15 is 0 Å². The monoisotopic (exact) mass is 235 g/mol. The van der Waals surface area contributed by atoms with Crippen LogP contribution in [0.25, 0.3) is 0 Å². The highest BCUT2D eigenvalue weighted by molar-refractivity contribution is 7.09. The maximum atomic E-state index is 5.32. The number of thiazole rings is 1. The van der Waals surface area contributed by atoms with E-state index in [0.29, 0.717) is 0 Å². The van der Waals surface area contributed by atoms with Gasteiger partial charge in [-0.25, -0.2) is 0 Å². The molecule has 16 heavy (non-hydrogen) atoms. The molecule has 1 aromatic heterocycles. The summed E-state index contributed by atoms with van der Waals surface area (Å²) in [6.45, 7) is 0. The van der Waals surface area contributed by atoms with Gasteiger partial charge in [0.2, 0.25) is 0 Å². The van der Waals surface area contributed by atoms with Gasteiger partial charge in [0.15, 0.2) is 0 Å². The second-order valence-corrected chi connectivity index (χ2v) is 4.29. The summed E-state index contributed by atoms with van der Waals surface area (Å²) in [5.74, 6) is 1.73. The van der Waals surface area contributed by atoms with E-state index in [9.17, 15) is 0 Å². The average Bonchev–Trinajstić information content (AvgIpc) is 2.82. The minimum absolute atomic E-state index is 0.824. The number of nitrogens with zero attached hydrogens (tertiary/aromatic N) is 1. The van der Waals surface area contributed by atoms with Crippen LogP contribution < -0.4 is 9.47 Å². The molecule has 4 heteroatoms. The molecule has 0 aliphatic rings. The third kappa shape index (κ3) is 2.33. The first kappa shape index (κ1) is 11.0. The Kier molecular flexibility index (Phi) is 3.41. The zero-order valence-electron chi connectivity index (χ0n) is 9.27.